The molecule has 0 rings (SSSR count). The van der Waals surface area contributed by atoms with Crippen LogP contribution in [0.2, 0.25) is 0 Å². The van der Waals surface area contributed by atoms with Crippen molar-refractivity contribution >= 4 is 61.6 Å². The maximum atomic E-state index is 12.2. The fraction of sp³-hybridized carbons (Fsp3) is 0.943. The second-order valence-electron chi connectivity index (χ2n) is 24.0. The van der Waals surface area contributed by atoms with Crippen LogP contribution >= 0.6 is 0 Å². The van der Waals surface area contributed by atoms with Gasteiger partial charge in [-0.05, 0) is 77.0 Å². The topological polar surface area (TPSA) is 133 Å². The smallest absolute Gasteiger partial charge is 0.550 e. The summed E-state index contributed by atoms with van der Waals surface area (Å²) in [5, 5.41) is 20.7. The average molecular weight is 1140 g/mol. The molecule has 0 saturated carbocycles. The minimum absolute atomic E-state index is 0. The first-order chi connectivity index (χ1) is 38.2. The molecule has 8 nitrogen and oxygen atoms in total. The van der Waals surface area contributed by atoms with Crippen molar-refractivity contribution in [2.45, 2.75) is 425 Å². The second-order valence-corrected chi connectivity index (χ2v) is 24.0. The quantitative estimate of drug-likeness (QED) is 0.0334. The van der Waals surface area contributed by atoms with E-state index in [9.17, 15) is 29.4 Å². The molecule has 2 atom stereocenters. The number of hydrogen-bond donors (Lipinski definition) is 0. The molecule has 2 unspecified atom stereocenters. The zero-order valence-electron chi connectivity index (χ0n) is 53.6. The molecule has 0 saturated heterocycles. The maximum absolute atomic E-state index is 12.2. The minimum Gasteiger partial charge on any atom is -0.550 e. The summed E-state index contributed by atoms with van der Waals surface area (Å²) in [5.41, 5.74) is 0. The molecular weight excluding hydrogens is 1010 g/mol. The van der Waals surface area contributed by atoms with Crippen LogP contribution in [0.5, 0.6) is 0 Å². The van der Waals surface area contributed by atoms with Crippen LogP contribution in [0, 0.1) is 0 Å². The van der Waals surface area contributed by atoms with Crippen molar-refractivity contribution in [2.75, 3.05) is 0 Å². The number of rotatable bonds is 64. The zero-order valence-corrected chi connectivity index (χ0v) is 55.8. The van der Waals surface area contributed by atoms with Gasteiger partial charge < -0.3 is 29.3 Å². The number of carboxylic acid groups (broad SMARTS) is 2. The third-order valence-electron chi connectivity index (χ3n) is 16.3. The van der Waals surface area contributed by atoms with Crippen LogP contribution < -0.4 is 10.2 Å². The summed E-state index contributed by atoms with van der Waals surface area (Å²) in [6.45, 7) is 8.82. The first-order valence-electron chi connectivity index (χ1n) is 35.0. The van der Waals surface area contributed by atoms with Crippen LogP contribution in [0.1, 0.15) is 413 Å². The van der Waals surface area contributed by atoms with Gasteiger partial charge in [-0.1, -0.05) is 323 Å². The fourth-order valence-corrected chi connectivity index (χ4v) is 10.9. The van der Waals surface area contributed by atoms with Gasteiger partial charge in [0.2, 0.25) is 0 Å². The molecule has 0 aliphatic rings. The first kappa shape index (κ1) is 82.4. The summed E-state index contributed by atoms with van der Waals surface area (Å²) in [6, 6.07) is 0. The van der Waals surface area contributed by atoms with Gasteiger partial charge >= 0.3 is 49.7 Å². The third-order valence-corrected chi connectivity index (χ3v) is 16.3. The Balaban J connectivity index is -0.00000144. The molecule has 0 amide bonds. The van der Waals surface area contributed by atoms with Gasteiger partial charge in [0.15, 0.2) is 0 Å². The van der Waals surface area contributed by atoms with Crippen molar-refractivity contribution in [3.63, 3.8) is 0 Å². The van der Waals surface area contributed by atoms with E-state index in [0.29, 0.717) is 12.8 Å². The molecule has 0 aromatic heterocycles. The van der Waals surface area contributed by atoms with Crippen LogP contribution in [0.4, 0.5) is 0 Å². The Bertz CT molecular complexity index is 1140. The predicted molar refractivity (Wildman–Crippen MR) is 335 cm³/mol. The number of carbonyl (C=O) groups excluding carboxylic acids is 4. The van der Waals surface area contributed by atoms with Crippen molar-refractivity contribution < 1.29 is 38.9 Å². The van der Waals surface area contributed by atoms with Gasteiger partial charge in [-0.3, -0.25) is 9.59 Å². The van der Waals surface area contributed by atoms with Crippen molar-refractivity contribution in [3.8, 4) is 0 Å². The molecule has 0 heterocycles. The van der Waals surface area contributed by atoms with Crippen LogP contribution in [0.3, 0.4) is 0 Å². The van der Waals surface area contributed by atoms with E-state index >= 15 is 0 Å². The average Bonchev–Trinajstić information content (AvgIpc) is 3.42. The van der Waals surface area contributed by atoms with E-state index in [1.807, 2.05) is 0 Å². The summed E-state index contributed by atoms with van der Waals surface area (Å²) in [5.74, 6) is -1.81. The number of hydrogen-bond acceptors (Lipinski definition) is 8. The molecule has 0 aromatic rings. The molecule has 9 heteroatoms. The van der Waals surface area contributed by atoms with Crippen LogP contribution in [0.25, 0.3) is 0 Å². The minimum atomic E-state index is -0.920. The summed E-state index contributed by atoms with van der Waals surface area (Å²) in [6.07, 6.45) is 71.8. The van der Waals surface area contributed by atoms with Crippen LogP contribution in [-0.4, -0.2) is 73.8 Å². The number of ether oxygens (including phenoxy) is 2. The molecule has 0 radical (unpaired) electrons. The van der Waals surface area contributed by atoms with Crippen molar-refractivity contribution in [1.82, 2.24) is 0 Å². The van der Waals surface area contributed by atoms with Gasteiger partial charge in [-0.15, -0.1) is 0 Å². The van der Waals surface area contributed by atoms with Crippen LogP contribution in [-0.2, 0) is 28.7 Å². The fourth-order valence-electron chi connectivity index (χ4n) is 10.9. The molecule has 0 fully saturated rings. The summed E-state index contributed by atoms with van der Waals surface area (Å²) in [7, 11) is 0. The summed E-state index contributed by atoms with van der Waals surface area (Å²) in [4.78, 5) is 45.2. The Kier molecular flexibility index (Phi) is 74.4. The number of carboxylic acids is 2. The number of esters is 2. The van der Waals surface area contributed by atoms with Gasteiger partial charge in [-0.25, -0.2) is 0 Å². The molecule has 0 aliphatic heterocycles. The van der Waals surface area contributed by atoms with Gasteiger partial charge in [0.05, 0.1) is 0 Å². The van der Waals surface area contributed by atoms with E-state index in [0.717, 1.165) is 103 Å². The monoisotopic (exact) mass is 1140 g/mol. The van der Waals surface area contributed by atoms with Crippen molar-refractivity contribution in [2.24, 2.45) is 0 Å². The van der Waals surface area contributed by atoms with Crippen LogP contribution in [0.15, 0.2) is 0 Å². The standard InChI is InChI=1S/2C35H68O4.Ca/c2*1-3-5-6-7-8-9-10-11-12-17-20-23-26-29-32-35(38)39-33(4-2)30-27-24-21-18-15-13-14-16-19-22-25-28-31-34(36)37;/h2*33H,3-32H2,1-2H3,(H,36,37);/q;;+2/p-2. The molecular formula is C70H134CaO8. The molecule has 0 spiro atoms. The SMILES string of the molecule is CCCCCCCCCCCCCCCCC(=O)OC(CC)CCCCCCCCCCCCCCC(=O)[O-].CCCCCCCCCCCCCCCCC(=O)OC(CC)CCCCCCCCCCCCCCC(=O)[O-].[Ca+2]. The van der Waals surface area contributed by atoms with E-state index < -0.39 is 11.9 Å². The number of aliphatic carboxylic acids is 2. The van der Waals surface area contributed by atoms with E-state index in [4.69, 9.17) is 9.47 Å². The van der Waals surface area contributed by atoms with E-state index in [1.165, 1.54) is 257 Å². The molecule has 0 aliphatic carbocycles. The predicted octanol–water partition coefficient (Wildman–Crippen LogP) is 20.4. The van der Waals surface area contributed by atoms with E-state index in [2.05, 4.69) is 27.7 Å². The largest absolute Gasteiger partial charge is 2.00 e. The van der Waals surface area contributed by atoms with Gasteiger partial charge in [-0.2, -0.15) is 0 Å². The molecule has 0 bridgehead atoms. The summed E-state index contributed by atoms with van der Waals surface area (Å²) >= 11 is 0. The second kappa shape index (κ2) is 71.4. The Hall–Kier alpha value is -0.860. The third kappa shape index (κ3) is 73.2. The van der Waals surface area contributed by atoms with Gasteiger partial charge in [0.25, 0.3) is 0 Å². The Morgan fingerprint density at radius 1 is 0.253 bits per heavy atom. The number of carbonyl (C=O) groups is 4. The maximum Gasteiger partial charge on any atom is 2.00 e. The first-order valence-corrected chi connectivity index (χ1v) is 35.0. The van der Waals surface area contributed by atoms with Gasteiger partial charge in [0, 0.05) is 24.8 Å². The summed E-state index contributed by atoms with van der Waals surface area (Å²) < 4.78 is 11.5. The Labute approximate surface area is 522 Å². The molecule has 464 valence electrons. The number of unbranched alkanes of at least 4 members (excludes halogenated alkanes) is 48. The zero-order chi connectivity index (χ0) is 57.3. The Morgan fingerprint density at radius 2 is 0.418 bits per heavy atom. The molecule has 0 aromatic carbocycles. The van der Waals surface area contributed by atoms with Crippen molar-refractivity contribution in [3.05, 3.63) is 0 Å². The molecule has 79 heavy (non-hydrogen) atoms. The van der Waals surface area contributed by atoms with E-state index in [-0.39, 0.29) is 74.7 Å². The van der Waals surface area contributed by atoms with Crippen molar-refractivity contribution in [1.29, 1.82) is 0 Å². The normalized spacial score (nSPS) is 11.9. The van der Waals surface area contributed by atoms with E-state index in [1.54, 1.807) is 0 Å². The van der Waals surface area contributed by atoms with Gasteiger partial charge in [0.1, 0.15) is 12.2 Å². The Morgan fingerprint density at radius 3 is 0.595 bits per heavy atom. The molecule has 0 N–H and O–H groups in total.